The van der Waals surface area contributed by atoms with Crippen LogP contribution in [-0.2, 0) is 17.9 Å². The summed E-state index contributed by atoms with van der Waals surface area (Å²) in [4.78, 5) is 14.2. The molecule has 3 aromatic rings. The predicted molar refractivity (Wildman–Crippen MR) is 116 cm³/mol. The number of amides is 1. The Bertz CT molecular complexity index is 1000. The van der Waals surface area contributed by atoms with Crippen molar-refractivity contribution in [1.29, 1.82) is 0 Å². The van der Waals surface area contributed by atoms with E-state index in [9.17, 15) is 9.18 Å². The smallest absolute Gasteiger partial charge is 0.233 e. The molecule has 0 spiro atoms. The van der Waals surface area contributed by atoms with Crippen LogP contribution in [0.5, 0.6) is 5.75 Å². The van der Waals surface area contributed by atoms with Gasteiger partial charge < -0.3 is 9.64 Å². The second kappa shape index (κ2) is 10.1. The Kier molecular flexibility index (Phi) is 7.24. The standard InChI is InChI=1S/C22H23FN4O2S/c1-4-13-27-21(17-7-11-19(29-3)12-8-17)24-25-22(27)30-15-20(28)26(2)14-16-5-9-18(23)10-6-16/h4-12H,1,13-15H2,2-3H3. The Morgan fingerprint density at radius 2 is 1.90 bits per heavy atom. The Labute approximate surface area is 179 Å². The van der Waals surface area contributed by atoms with Crippen LogP contribution in [0.25, 0.3) is 11.4 Å². The van der Waals surface area contributed by atoms with Gasteiger partial charge in [0.1, 0.15) is 11.6 Å². The number of thioether (sulfide) groups is 1. The number of carbonyl (C=O) groups excluding carboxylic acids is 1. The van der Waals surface area contributed by atoms with E-state index in [0.29, 0.717) is 24.1 Å². The molecule has 2 aromatic carbocycles. The molecule has 0 saturated carbocycles. The van der Waals surface area contributed by atoms with Gasteiger partial charge in [0.25, 0.3) is 0 Å². The number of hydrogen-bond acceptors (Lipinski definition) is 5. The molecule has 8 heteroatoms. The van der Waals surface area contributed by atoms with Crippen LogP contribution in [0.15, 0.2) is 66.3 Å². The van der Waals surface area contributed by atoms with Gasteiger partial charge in [0.15, 0.2) is 11.0 Å². The van der Waals surface area contributed by atoms with Crippen LogP contribution in [0, 0.1) is 5.82 Å². The number of rotatable bonds is 9. The summed E-state index contributed by atoms with van der Waals surface area (Å²) >= 11 is 1.33. The second-order valence-electron chi connectivity index (χ2n) is 6.60. The minimum Gasteiger partial charge on any atom is -0.497 e. The molecular weight excluding hydrogens is 403 g/mol. The van der Waals surface area contributed by atoms with E-state index in [1.165, 1.54) is 23.9 Å². The van der Waals surface area contributed by atoms with E-state index >= 15 is 0 Å². The van der Waals surface area contributed by atoms with Gasteiger partial charge in [-0.15, -0.1) is 16.8 Å². The molecule has 0 unspecified atom stereocenters. The molecule has 1 heterocycles. The summed E-state index contributed by atoms with van der Waals surface area (Å²) in [5.41, 5.74) is 1.77. The predicted octanol–water partition coefficient (Wildman–Crippen LogP) is 4.03. The first-order valence-electron chi connectivity index (χ1n) is 9.31. The third kappa shape index (κ3) is 5.27. The largest absolute Gasteiger partial charge is 0.497 e. The van der Waals surface area contributed by atoms with E-state index in [2.05, 4.69) is 16.8 Å². The van der Waals surface area contributed by atoms with Gasteiger partial charge in [-0.2, -0.15) is 0 Å². The SMILES string of the molecule is C=CCn1c(SCC(=O)N(C)Cc2ccc(F)cc2)nnc1-c1ccc(OC)cc1. The minimum atomic E-state index is -0.294. The van der Waals surface area contributed by atoms with Crippen LogP contribution in [0.4, 0.5) is 4.39 Å². The van der Waals surface area contributed by atoms with Gasteiger partial charge in [-0.25, -0.2) is 4.39 Å². The van der Waals surface area contributed by atoms with Crippen molar-refractivity contribution in [2.24, 2.45) is 0 Å². The average molecular weight is 427 g/mol. The molecule has 0 aliphatic heterocycles. The Morgan fingerprint density at radius 3 is 2.53 bits per heavy atom. The molecule has 0 N–H and O–H groups in total. The number of benzene rings is 2. The van der Waals surface area contributed by atoms with Crippen LogP contribution in [-0.4, -0.2) is 45.5 Å². The van der Waals surface area contributed by atoms with Gasteiger partial charge in [-0.1, -0.05) is 30.0 Å². The summed E-state index contributed by atoms with van der Waals surface area (Å²) in [6.45, 7) is 4.74. The van der Waals surface area contributed by atoms with E-state index in [-0.39, 0.29) is 17.5 Å². The number of hydrogen-bond donors (Lipinski definition) is 0. The fraction of sp³-hybridized carbons (Fsp3) is 0.227. The third-order valence-corrected chi connectivity index (χ3v) is 5.41. The summed E-state index contributed by atoms with van der Waals surface area (Å²) in [5, 5.41) is 9.21. The lowest BCUT2D eigenvalue weighted by molar-refractivity contribution is -0.127. The molecule has 0 radical (unpaired) electrons. The molecule has 0 bridgehead atoms. The first-order valence-corrected chi connectivity index (χ1v) is 10.3. The van der Waals surface area contributed by atoms with Crippen molar-refractivity contribution in [2.75, 3.05) is 19.9 Å². The minimum absolute atomic E-state index is 0.0523. The quantitative estimate of drug-likeness (QED) is 0.382. The molecular formula is C22H23FN4O2S. The fourth-order valence-corrected chi connectivity index (χ4v) is 3.72. The van der Waals surface area contributed by atoms with Crippen molar-refractivity contribution in [3.8, 4) is 17.1 Å². The number of ether oxygens (including phenoxy) is 1. The van der Waals surface area contributed by atoms with Gasteiger partial charge in [-0.05, 0) is 42.0 Å². The summed E-state index contributed by atoms with van der Waals surface area (Å²) in [6, 6.07) is 13.7. The lowest BCUT2D eigenvalue weighted by atomic mass is 10.2. The zero-order valence-corrected chi connectivity index (χ0v) is 17.7. The van der Waals surface area contributed by atoms with E-state index in [4.69, 9.17) is 4.74 Å². The number of aromatic nitrogens is 3. The summed E-state index contributed by atoms with van der Waals surface area (Å²) in [5.74, 6) is 1.33. The number of carbonyl (C=O) groups is 1. The summed E-state index contributed by atoms with van der Waals surface area (Å²) in [7, 11) is 3.34. The van der Waals surface area contributed by atoms with E-state index < -0.39 is 0 Å². The molecule has 1 amide bonds. The van der Waals surface area contributed by atoms with Crippen LogP contribution in [0.3, 0.4) is 0 Å². The number of nitrogens with zero attached hydrogens (tertiary/aromatic N) is 4. The second-order valence-corrected chi connectivity index (χ2v) is 7.54. The molecule has 0 fully saturated rings. The average Bonchev–Trinajstić information content (AvgIpc) is 3.16. The lowest BCUT2D eigenvalue weighted by Gasteiger charge is -2.17. The highest BCUT2D eigenvalue weighted by Crippen LogP contribution is 2.26. The van der Waals surface area contributed by atoms with Crippen molar-refractivity contribution >= 4 is 17.7 Å². The summed E-state index contributed by atoms with van der Waals surface area (Å²) < 4.78 is 20.2. The van der Waals surface area contributed by atoms with Crippen LogP contribution >= 0.6 is 11.8 Å². The maximum atomic E-state index is 13.0. The number of halogens is 1. The lowest BCUT2D eigenvalue weighted by Crippen LogP contribution is -2.27. The molecule has 6 nitrogen and oxygen atoms in total. The maximum Gasteiger partial charge on any atom is 0.233 e. The zero-order valence-electron chi connectivity index (χ0n) is 16.9. The Balaban J connectivity index is 1.68. The van der Waals surface area contributed by atoms with Gasteiger partial charge in [0.2, 0.25) is 5.91 Å². The Hall–Kier alpha value is -3.13. The maximum absolute atomic E-state index is 13.0. The topological polar surface area (TPSA) is 60.2 Å². The molecule has 0 aliphatic carbocycles. The van der Waals surface area contributed by atoms with Crippen molar-refractivity contribution in [2.45, 2.75) is 18.2 Å². The van der Waals surface area contributed by atoms with E-state index in [1.807, 2.05) is 28.8 Å². The van der Waals surface area contributed by atoms with Crippen molar-refractivity contribution in [1.82, 2.24) is 19.7 Å². The molecule has 156 valence electrons. The fourth-order valence-electron chi connectivity index (χ4n) is 2.83. The Morgan fingerprint density at radius 1 is 1.20 bits per heavy atom. The molecule has 0 aliphatic rings. The van der Waals surface area contributed by atoms with Gasteiger partial charge in [-0.3, -0.25) is 9.36 Å². The van der Waals surface area contributed by atoms with Gasteiger partial charge in [0.05, 0.1) is 12.9 Å². The first-order chi connectivity index (χ1) is 14.5. The van der Waals surface area contributed by atoms with Crippen LogP contribution < -0.4 is 4.74 Å². The molecule has 3 rings (SSSR count). The monoisotopic (exact) mass is 426 g/mol. The molecule has 1 aromatic heterocycles. The normalized spacial score (nSPS) is 10.6. The van der Waals surface area contributed by atoms with Crippen molar-refractivity contribution in [3.05, 3.63) is 72.6 Å². The highest BCUT2D eigenvalue weighted by Gasteiger charge is 2.17. The molecule has 0 saturated heterocycles. The van der Waals surface area contributed by atoms with E-state index in [0.717, 1.165) is 16.9 Å². The first kappa shape index (κ1) is 21.6. The highest BCUT2D eigenvalue weighted by molar-refractivity contribution is 7.99. The third-order valence-electron chi connectivity index (χ3n) is 4.46. The number of allylic oxidation sites excluding steroid dienone is 1. The molecule has 30 heavy (non-hydrogen) atoms. The van der Waals surface area contributed by atoms with Crippen LogP contribution in [0.1, 0.15) is 5.56 Å². The van der Waals surface area contributed by atoms with Crippen molar-refractivity contribution in [3.63, 3.8) is 0 Å². The summed E-state index contributed by atoms with van der Waals surface area (Å²) in [6.07, 6.45) is 1.77. The van der Waals surface area contributed by atoms with Crippen LogP contribution in [0.2, 0.25) is 0 Å². The molecule has 0 atom stereocenters. The highest BCUT2D eigenvalue weighted by atomic mass is 32.2. The van der Waals surface area contributed by atoms with Crippen molar-refractivity contribution < 1.29 is 13.9 Å². The van der Waals surface area contributed by atoms with Gasteiger partial charge in [0, 0.05) is 25.7 Å². The number of methoxy groups -OCH3 is 1. The van der Waals surface area contributed by atoms with E-state index in [1.54, 1.807) is 37.3 Å². The zero-order chi connectivity index (χ0) is 21.5. The van der Waals surface area contributed by atoms with Gasteiger partial charge >= 0.3 is 0 Å².